The van der Waals surface area contributed by atoms with Crippen LogP contribution in [0.25, 0.3) is 5.69 Å². The van der Waals surface area contributed by atoms with Gasteiger partial charge in [0, 0.05) is 42.9 Å². The third kappa shape index (κ3) is 14.3. The van der Waals surface area contributed by atoms with Crippen LogP contribution in [-0.4, -0.2) is 201 Å². The Morgan fingerprint density at radius 2 is 1.00 bits per heavy atom. The molecule has 0 spiro atoms. The van der Waals surface area contributed by atoms with Crippen molar-refractivity contribution in [3.63, 3.8) is 0 Å². The molecule has 23 nitrogen and oxygen atoms in total. The van der Waals surface area contributed by atoms with Crippen molar-refractivity contribution < 1.29 is 99.9 Å². The maximum absolute atomic E-state index is 11.0. The minimum Gasteiger partial charge on any atom is -0.508 e. The summed E-state index contributed by atoms with van der Waals surface area (Å²) < 4.78 is 35.8. The van der Waals surface area contributed by atoms with Crippen LogP contribution in [0.1, 0.15) is 97.9 Å². The van der Waals surface area contributed by atoms with E-state index in [0.29, 0.717) is 53.7 Å². The Balaban J connectivity index is 0.000000142. The topological polar surface area (TPSA) is 368 Å². The van der Waals surface area contributed by atoms with Crippen molar-refractivity contribution in [3.8, 4) is 34.4 Å². The largest absolute Gasteiger partial charge is 0.508 e. The summed E-state index contributed by atoms with van der Waals surface area (Å²) in [5, 5.41) is 149. The molecule has 6 aliphatic heterocycles. The molecule has 7 heterocycles. The number of nitrogens with zero attached hydrogens (tertiary/aromatic N) is 2. The Labute approximate surface area is 531 Å². The number of anilines is 1. The summed E-state index contributed by atoms with van der Waals surface area (Å²) >= 11 is 0. The molecule has 1 aromatic heterocycles. The predicted octanol–water partition coefficient (Wildman–Crippen LogP) is 2.74. The molecule has 15 N–H and O–H groups in total. The van der Waals surface area contributed by atoms with E-state index in [0.717, 1.165) is 107 Å². The van der Waals surface area contributed by atoms with Gasteiger partial charge in [0.2, 0.25) is 0 Å². The molecule has 92 heavy (non-hydrogen) atoms. The highest BCUT2D eigenvalue weighted by Gasteiger charge is 2.47. The Morgan fingerprint density at radius 3 is 1.57 bits per heavy atom. The summed E-state index contributed by atoms with van der Waals surface area (Å²) in [4.78, 5) is 0. The van der Waals surface area contributed by atoms with Crippen LogP contribution in [-0.2, 0) is 46.3 Å². The van der Waals surface area contributed by atoms with Gasteiger partial charge in [-0.2, -0.15) is 5.10 Å². The Morgan fingerprint density at radius 1 is 0.500 bits per heavy atom. The van der Waals surface area contributed by atoms with E-state index in [1.807, 2.05) is 79.9 Å². The number of hydrogen-bond donors (Lipinski definition) is 15. The molecule has 0 bridgehead atoms. The highest BCUT2D eigenvalue weighted by molar-refractivity contribution is 5.60. The minimum absolute atomic E-state index is 0.0201. The second kappa shape index (κ2) is 29.4. The number of rotatable bonds is 13. The van der Waals surface area contributed by atoms with E-state index in [1.54, 1.807) is 29.1 Å². The molecular weight excluding hydrogens is 1190 g/mol. The van der Waals surface area contributed by atoms with Crippen LogP contribution >= 0.6 is 0 Å². The molecule has 15 atom stereocenters. The molecule has 0 aliphatic carbocycles. The van der Waals surface area contributed by atoms with Gasteiger partial charge in [0.25, 0.3) is 0 Å². The average Bonchev–Trinajstić information content (AvgIpc) is 1.26. The van der Waals surface area contributed by atoms with Crippen molar-refractivity contribution in [3.05, 3.63) is 188 Å². The van der Waals surface area contributed by atoms with Crippen LogP contribution in [0.3, 0.4) is 0 Å². The molecule has 7 aromatic rings. The number of ether oxygens (including phenoxy) is 6. The van der Waals surface area contributed by atoms with Gasteiger partial charge in [0.05, 0.1) is 44.4 Å². The van der Waals surface area contributed by atoms with Crippen molar-refractivity contribution >= 4 is 5.69 Å². The lowest BCUT2D eigenvalue weighted by atomic mass is 9.88. The van der Waals surface area contributed by atoms with Gasteiger partial charge in [-0.15, -0.1) is 0 Å². The van der Waals surface area contributed by atoms with Crippen LogP contribution in [0.15, 0.2) is 122 Å². The van der Waals surface area contributed by atoms with Crippen LogP contribution in [0.5, 0.6) is 28.7 Å². The van der Waals surface area contributed by atoms with Gasteiger partial charge in [-0.05, 0) is 143 Å². The van der Waals surface area contributed by atoms with Gasteiger partial charge in [0.15, 0.2) is 0 Å². The van der Waals surface area contributed by atoms with Crippen molar-refractivity contribution in [2.24, 2.45) is 0 Å². The number of hydrogen-bond acceptors (Lipinski definition) is 22. The number of aliphatic hydroxyl groups excluding tert-OH is 12. The summed E-state index contributed by atoms with van der Waals surface area (Å²) in [5.74, 6) is 2.71. The number of phenolic OH excluding ortho intramolecular Hbond substituents is 2. The maximum Gasteiger partial charge on any atom is 0.142 e. The molecule has 3 fully saturated rings. The van der Waals surface area contributed by atoms with E-state index in [4.69, 9.17) is 28.4 Å². The fraction of sp³-hybridized carbons (Fsp3) is 0.435. The predicted molar refractivity (Wildman–Crippen MR) is 332 cm³/mol. The SMILES string of the molecule is Cc1ccc([C@@H]2O[C@H](CO)[C@@H](O)[C@H](O)[C@H]2O)c(O)c1Cc1ccc2c(c1)CCCO2.OC[C@H]1O[C@@H](c2ccc(-n3cccn3)c(Cc3ccc4c(c3)CCCO4)c2)[C@H](O)[C@@H](O)[C@@H]1O.OC[C@H]1O[C@@H](c2ccc(O)c(Cc3ccc4c(c3)NCCO4)c2)[C@H](O)[C@@H](O)[C@@H]1O. The van der Waals surface area contributed by atoms with Crippen LogP contribution in [0.2, 0.25) is 0 Å². The summed E-state index contributed by atoms with van der Waals surface area (Å²) in [7, 11) is 0. The standard InChI is InChI=1S/C25H28N2O6.C23H28O7.C21H25NO7/c28-14-21-22(29)23(30)24(31)25(33-21)17-5-6-19(27-9-2-8-26-27)18(13-17)12-15-4-7-20-16(11-15)3-1-10-32-20;1-12-4-6-15(23-22(28)21(27)20(26)18(11-24)30-23)19(25)16(12)10-13-5-7-17-14(9-13)3-2-8-29-17;23-10-17-18(25)19(26)20(27)21(29-17)12-2-3-15(24)13(9-12)7-11-1-4-16-14(8-11)22-5-6-28-16/h2,4-9,11,13,21-25,28-31H,1,3,10,12,14H2;4-7,9,18,20-28H,2-3,8,10-11H2,1H3;1-4,8-9,17-27H,5-7,10H2/t21-,22-,23+,24-,25+;18-,20-,21+,22-,23+;17-,18-,19+,20-,21+/m111/s1. The second-order valence-electron chi connectivity index (χ2n) is 24.2. The van der Waals surface area contributed by atoms with Gasteiger partial charge in [-0.1, -0.05) is 60.7 Å². The lowest BCUT2D eigenvalue weighted by Gasteiger charge is -2.40. The molecule has 23 heteroatoms. The summed E-state index contributed by atoms with van der Waals surface area (Å²) in [6.07, 6.45) is -9.56. The zero-order valence-electron chi connectivity index (χ0n) is 50.7. The van der Waals surface area contributed by atoms with E-state index in [2.05, 4.69) is 28.6 Å². The Bertz CT molecular complexity index is 3620. The number of aromatic hydroxyl groups is 2. The third-order valence-corrected chi connectivity index (χ3v) is 18.0. The number of benzene rings is 6. The zero-order valence-corrected chi connectivity index (χ0v) is 50.7. The first-order chi connectivity index (χ1) is 44.4. The molecule has 492 valence electrons. The molecule has 0 saturated carbocycles. The number of aliphatic hydroxyl groups is 12. The third-order valence-electron chi connectivity index (χ3n) is 18.0. The fourth-order valence-corrected chi connectivity index (χ4v) is 12.8. The highest BCUT2D eigenvalue weighted by atomic mass is 16.6. The van der Waals surface area contributed by atoms with Crippen LogP contribution in [0.4, 0.5) is 5.69 Å². The summed E-state index contributed by atoms with van der Waals surface area (Å²) in [6.45, 7) is 3.26. The zero-order chi connectivity index (χ0) is 64.9. The van der Waals surface area contributed by atoms with Crippen molar-refractivity contribution in [1.82, 2.24) is 9.78 Å². The van der Waals surface area contributed by atoms with Gasteiger partial charge < -0.3 is 105 Å². The highest BCUT2D eigenvalue weighted by Crippen LogP contribution is 2.42. The molecule has 6 aliphatic rings. The minimum atomic E-state index is -1.49. The lowest BCUT2D eigenvalue weighted by molar-refractivity contribution is -0.232. The molecule has 0 amide bonds. The monoisotopic (exact) mass is 1270 g/mol. The first kappa shape index (κ1) is 66.2. The van der Waals surface area contributed by atoms with E-state index >= 15 is 0 Å². The van der Waals surface area contributed by atoms with Crippen LogP contribution < -0.4 is 19.5 Å². The Kier molecular flexibility index (Phi) is 21.1. The normalized spacial score (nSPS) is 28.2. The molecule has 3 saturated heterocycles. The van der Waals surface area contributed by atoms with E-state index < -0.39 is 111 Å². The van der Waals surface area contributed by atoms with Crippen molar-refractivity contribution in [2.45, 2.75) is 143 Å². The average molecular weight is 1270 g/mol. The number of fused-ring (bicyclic) bond motifs is 3. The smallest absolute Gasteiger partial charge is 0.142 e. The lowest BCUT2D eigenvalue weighted by Crippen LogP contribution is -2.55. The van der Waals surface area contributed by atoms with Crippen molar-refractivity contribution in [2.75, 3.05) is 51.5 Å². The summed E-state index contributed by atoms with van der Waals surface area (Å²) in [5.41, 5.74) is 11.9. The molecule has 0 radical (unpaired) electrons. The number of aromatic nitrogens is 2. The first-order valence-electron chi connectivity index (χ1n) is 31.1. The Hall–Kier alpha value is -7.27. The molecular formula is C69H81N3O20. The van der Waals surface area contributed by atoms with E-state index in [-0.39, 0.29) is 11.5 Å². The first-order valence-corrected chi connectivity index (χ1v) is 31.1. The number of nitrogens with one attached hydrogen (secondary N) is 1. The summed E-state index contributed by atoms with van der Waals surface area (Å²) in [6, 6.07) is 33.8. The van der Waals surface area contributed by atoms with Crippen molar-refractivity contribution in [1.29, 1.82) is 0 Å². The second-order valence-corrected chi connectivity index (χ2v) is 24.2. The molecule has 0 unspecified atom stereocenters. The maximum atomic E-state index is 11.0. The fourth-order valence-electron chi connectivity index (χ4n) is 12.8. The van der Waals surface area contributed by atoms with Gasteiger partial charge in [-0.25, -0.2) is 4.68 Å². The van der Waals surface area contributed by atoms with E-state index in [9.17, 15) is 71.5 Å². The number of phenols is 2. The van der Waals surface area contributed by atoms with Gasteiger partial charge in [-0.3, -0.25) is 0 Å². The number of aryl methyl sites for hydroxylation is 3. The van der Waals surface area contributed by atoms with E-state index in [1.165, 1.54) is 11.6 Å². The van der Waals surface area contributed by atoms with Crippen LogP contribution in [0, 0.1) is 6.92 Å². The molecule has 13 rings (SSSR count). The molecule has 6 aromatic carbocycles. The quantitative estimate of drug-likeness (QED) is 0.0789. The van der Waals surface area contributed by atoms with Gasteiger partial charge in [0.1, 0.15) is 127 Å². The van der Waals surface area contributed by atoms with Gasteiger partial charge >= 0.3 is 0 Å².